The molecule has 0 aromatic rings. The maximum Gasteiger partial charge on any atom is 0.0658 e. The van der Waals surface area contributed by atoms with Crippen LogP contribution in [0.25, 0.3) is 0 Å². The molecule has 3 saturated carbocycles. The van der Waals surface area contributed by atoms with Gasteiger partial charge in [0.1, 0.15) is 0 Å². The van der Waals surface area contributed by atoms with Crippen LogP contribution >= 0.6 is 0 Å². The molecule has 0 radical (unpaired) electrons. The molecule has 0 amide bonds. The smallest absolute Gasteiger partial charge is 0.0658 e. The Kier molecular flexibility index (Phi) is 6.01. The lowest BCUT2D eigenvalue weighted by Crippen LogP contribution is -2.55. The van der Waals surface area contributed by atoms with Crippen LogP contribution in [0.1, 0.15) is 98.8 Å². The number of aliphatic hydroxyl groups excluding tert-OH is 2. The van der Waals surface area contributed by atoms with Gasteiger partial charge in [0, 0.05) is 11.8 Å². The van der Waals surface area contributed by atoms with Gasteiger partial charge in [0.05, 0.1) is 12.2 Å². The fraction of sp³-hybridized carbons (Fsp3) is 0.926. The minimum atomic E-state index is -0.373. The summed E-state index contributed by atoms with van der Waals surface area (Å²) in [7, 11) is 0. The number of hydrogen-bond acceptors (Lipinski definition) is 2. The van der Waals surface area contributed by atoms with E-state index in [1.54, 1.807) is 0 Å². The topological polar surface area (TPSA) is 40.5 Å². The molecule has 0 spiro atoms. The summed E-state index contributed by atoms with van der Waals surface area (Å²) in [5.74, 6) is 4.73. The average Bonchev–Trinajstić information content (AvgIpc) is 3.00. The normalized spacial score (nSPS) is 47.9. The predicted octanol–water partition coefficient (Wildman–Crippen LogP) is 6.36. The van der Waals surface area contributed by atoms with Gasteiger partial charge in [-0.05, 0) is 79.4 Å². The van der Waals surface area contributed by atoms with Gasteiger partial charge in [-0.15, -0.1) is 0 Å². The van der Waals surface area contributed by atoms with Gasteiger partial charge in [-0.3, -0.25) is 0 Å². The van der Waals surface area contributed by atoms with Crippen LogP contribution in [0.4, 0.5) is 0 Å². The number of fused-ring (bicyclic) bond motifs is 5. The highest BCUT2D eigenvalue weighted by Gasteiger charge is 2.60. The van der Waals surface area contributed by atoms with Gasteiger partial charge >= 0.3 is 0 Å². The van der Waals surface area contributed by atoms with E-state index in [1.165, 1.54) is 56.9 Å². The number of allylic oxidation sites excluding steroid dienone is 1. The zero-order valence-electron chi connectivity index (χ0n) is 19.7. The monoisotopic (exact) mass is 402 g/mol. The number of hydrogen-bond donors (Lipinski definition) is 2. The van der Waals surface area contributed by atoms with E-state index in [0.29, 0.717) is 17.8 Å². The van der Waals surface area contributed by atoms with Crippen molar-refractivity contribution in [2.24, 2.45) is 46.3 Å². The molecule has 0 aromatic heterocycles. The van der Waals surface area contributed by atoms with Gasteiger partial charge < -0.3 is 10.2 Å². The van der Waals surface area contributed by atoms with Gasteiger partial charge in [-0.25, -0.2) is 0 Å². The Morgan fingerprint density at radius 1 is 1.03 bits per heavy atom. The van der Waals surface area contributed by atoms with E-state index in [4.69, 9.17) is 0 Å². The first kappa shape index (κ1) is 21.9. The first-order chi connectivity index (χ1) is 13.7. The Morgan fingerprint density at radius 3 is 2.52 bits per heavy atom. The molecule has 4 aliphatic carbocycles. The SMILES string of the molecule is CC(C)CCC[C@@H](C)[C@H]1CC[C@H]2[C@@H]3CC=C4CC(O)CC(O)[C@]4(C)[C@H]3CC[C@]12C. The van der Waals surface area contributed by atoms with Crippen molar-refractivity contribution in [2.75, 3.05) is 0 Å². The lowest BCUT2D eigenvalue weighted by atomic mass is 9.46. The molecule has 3 fully saturated rings. The van der Waals surface area contributed by atoms with Gasteiger partial charge in [-0.1, -0.05) is 65.5 Å². The molecule has 29 heavy (non-hydrogen) atoms. The van der Waals surface area contributed by atoms with Crippen molar-refractivity contribution in [1.82, 2.24) is 0 Å². The summed E-state index contributed by atoms with van der Waals surface area (Å²) in [5, 5.41) is 21.3. The quantitative estimate of drug-likeness (QED) is 0.525. The highest BCUT2D eigenvalue weighted by Crippen LogP contribution is 2.67. The summed E-state index contributed by atoms with van der Waals surface area (Å²) >= 11 is 0. The molecule has 9 atom stereocenters. The second kappa shape index (κ2) is 7.97. The molecule has 4 rings (SSSR count). The third kappa shape index (κ3) is 3.55. The molecule has 2 unspecified atom stereocenters. The minimum Gasteiger partial charge on any atom is -0.393 e. The van der Waals surface area contributed by atoms with E-state index in [9.17, 15) is 10.2 Å². The molecule has 0 saturated heterocycles. The van der Waals surface area contributed by atoms with E-state index in [1.807, 2.05) is 0 Å². The molecule has 166 valence electrons. The second-order valence-electron chi connectivity index (χ2n) is 12.3. The fourth-order valence-corrected chi connectivity index (χ4v) is 8.73. The fourth-order valence-electron chi connectivity index (χ4n) is 8.73. The van der Waals surface area contributed by atoms with Crippen LogP contribution in [-0.4, -0.2) is 22.4 Å². The van der Waals surface area contributed by atoms with Crippen LogP contribution in [0.15, 0.2) is 11.6 Å². The van der Waals surface area contributed by atoms with E-state index in [0.717, 1.165) is 36.0 Å². The Hall–Kier alpha value is -0.340. The van der Waals surface area contributed by atoms with Crippen LogP contribution in [0.5, 0.6) is 0 Å². The zero-order chi connectivity index (χ0) is 21.0. The average molecular weight is 403 g/mol. The highest BCUT2D eigenvalue weighted by molar-refractivity contribution is 5.27. The Bertz CT molecular complexity index is 624. The van der Waals surface area contributed by atoms with Crippen LogP contribution in [0, 0.1) is 46.3 Å². The summed E-state index contributed by atoms with van der Waals surface area (Å²) in [6, 6.07) is 0. The van der Waals surface area contributed by atoms with Crippen LogP contribution < -0.4 is 0 Å². The number of aliphatic hydroxyl groups is 2. The molecule has 0 aromatic carbocycles. The van der Waals surface area contributed by atoms with Crippen LogP contribution in [-0.2, 0) is 0 Å². The van der Waals surface area contributed by atoms with Crippen molar-refractivity contribution >= 4 is 0 Å². The van der Waals surface area contributed by atoms with E-state index in [-0.39, 0.29) is 17.6 Å². The molecule has 2 heteroatoms. The molecular weight excluding hydrogens is 356 g/mol. The van der Waals surface area contributed by atoms with Crippen LogP contribution in [0.2, 0.25) is 0 Å². The molecule has 4 aliphatic rings. The lowest BCUT2D eigenvalue weighted by Gasteiger charge is -2.59. The van der Waals surface area contributed by atoms with Gasteiger partial charge in [-0.2, -0.15) is 0 Å². The summed E-state index contributed by atoms with van der Waals surface area (Å²) < 4.78 is 0. The lowest BCUT2D eigenvalue weighted by molar-refractivity contribution is -0.108. The van der Waals surface area contributed by atoms with E-state index >= 15 is 0 Å². The minimum absolute atomic E-state index is 0.0928. The first-order valence-electron chi connectivity index (χ1n) is 12.7. The Labute approximate surface area is 179 Å². The van der Waals surface area contributed by atoms with Crippen molar-refractivity contribution in [3.8, 4) is 0 Å². The molecule has 0 heterocycles. The summed E-state index contributed by atoms with van der Waals surface area (Å²) in [5.41, 5.74) is 1.77. The van der Waals surface area contributed by atoms with Crippen molar-refractivity contribution in [3.63, 3.8) is 0 Å². The third-order valence-corrected chi connectivity index (χ3v) is 10.4. The second-order valence-corrected chi connectivity index (χ2v) is 12.3. The summed E-state index contributed by atoms with van der Waals surface area (Å²) in [6.07, 6.45) is 13.8. The van der Waals surface area contributed by atoms with Crippen molar-refractivity contribution in [2.45, 2.75) is 111 Å². The van der Waals surface area contributed by atoms with E-state index < -0.39 is 0 Å². The van der Waals surface area contributed by atoms with Gasteiger partial charge in [0.15, 0.2) is 0 Å². The molecule has 2 N–H and O–H groups in total. The molecular formula is C27H46O2. The van der Waals surface area contributed by atoms with Crippen molar-refractivity contribution in [1.29, 1.82) is 0 Å². The standard InChI is InChI=1S/C27H46O2/c1-17(2)7-6-8-18(3)22-11-12-23-21-10-9-19-15-20(28)16-25(29)27(19,5)24(21)13-14-26(22,23)4/h9,17-18,20-25,28-29H,6-8,10-16H2,1-5H3/t18-,20?,21+,22-,23+,24+,25?,26-,27+/m1/s1. The van der Waals surface area contributed by atoms with E-state index in [2.05, 4.69) is 40.7 Å². The molecule has 0 aliphatic heterocycles. The first-order valence-corrected chi connectivity index (χ1v) is 12.7. The maximum absolute atomic E-state index is 11.1. The largest absolute Gasteiger partial charge is 0.393 e. The predicted molar refractivity (Wildman–Crippen MR) is 120 cm³/mol. The van der Waals surface area contributed by atoms with Crippen molar-refractivity contribution < 1.29 is 10.2 Å². The zero-order valence-corrected chi connectivity index (χ0v) is 19.7. The summed E-state index contributed by atoms with van der Waals surface area (Å²) in [6.45, 7) is 12.2. The number of rotatable bonds is 5. The molecule has 0 bridgehead atoms. The molecule has 2 nitrogen and oxygen atoms in total. The maximum atomic E-state index is 11.1. The summed E-state index contributed by atoms with van der Waals surface area (Å²) in [4.78, 5) is 0. The highest BCUT2D eigenvalue weighted by atomic mass is 16.3. The van der Waals surface area contributed by atoms with Crippen LogP contribution in [0.3, 0.4) is 0 Å². The van der Waals surface area contributed by atoms with Gasteiger partial charge in [0.2, 0.25) is 0 Å². The third-order valence-electron chi connectivity index (χ3n) is 10.4. The van der Waals surface area contributed by atoms with Gasteiger partial charge in [0.25, 0.3) is 0 Å². The van der Waals surface area contributed by atoms with Crippen molar-refractivity contribution in [3.05, 3.63) is 11.6 Å². The Morgan fingerprint density at radius 2 is 1.79 bits per heavy atom. The Balaban J connectivity index is 1.52.